The summed E-state index contributed by atoms with van der Waals surface area (Å²) < 4.78 is 7.75. The van der Waals surface area contributed by atoms with Gasteiger partial charge in [0.1, 0.15) is 11.7 Å². The lowest BCUT2D eigenvalue weighted by atomic mass is 9.78. The molecule has 6 aromatic rings. The predicted octanol–water partition coefficient (Wildman–Crippen LogP) is 10.1. The van der Waals surface area contributed by atoms with Crippen LogP contribution in [0.2, 0.25) is 0 Å². The van der Waals surface area contributed by atoms with Crippen LogP contribution in [0.15, 0.2) is 109 Å². The molecular formula is C40H38N3S+. The van der Waals surface area contributed by atoms with Gasteiger partial charge in [0.25, 0.3) is 5.82 Å². The molecule has 0 bridgehead atoms. The average molecular weight is 593 g/mol. The molecule has 4 heterocycles. The number of allylic oxidation sites excluding steroid dienone is 1. The van der Waals surface area contributed by atoms with Gasteiger partial charge in [-0.05, 0) is 73.2 Å². The van der Waals surface area contributed by atoms with Gasteiger partial charge in [-0.3, -0.25) is 4.99 Å². The van der Waals surface area contributed by atoms with E-state index >= 15 is 0 Å². The normalized spacial score (nSPS) is 18.9. The molecule has 3 unspecified atom stereocenters. The van der Waals surface area contributed by atoms with Crippen molar-refractivity contribution in [3.05, 3.63) is 121 Å². The maximum absolute atomic E-state index is 5.37. The minimum absolute atomic E-state index is 0.0997. The van der Waals surface area contributed by atoms with Crippen molar-refractivity contribution in [2.45, 2.75) is 58.0 Å². The molecule has 2 aliphatic rings. The fourth-order valence-electron chi connectivity index (χ4n) is 7.65. The van der Waals surface area contributed by atoms with Crippen LogP contribution in [-0.2, 0) is 6.42 Å². The minimum Gasteiger partial charge on any atom is -0.280 e. The fourth-order valence-corrected chi connectivity index (χ4v) is 8.77. The van der Waals surface area contributed by atoms with Crippen LogP contribution in [0, 0.1) is 5.92 Å². The molecule has 2 aromatic heterocycles. The second kappa shape index (κ2) is 10.4. The Hall–Kier alpha value is -4.28. The van der Waals surface area contributed by atoms with Crippen LogP contribution in [0.5, 0.6) is 0 Å². The van der Waals surface area contributed by atoms with Crippen molar-refractivity contribution in [2.24, 2.45) is 10.9 Å². The summed E-state index contributed by atoms with van der Waals surface area (Å²) in [5.74, 6) is 2.02. The SMILES string of the molecule is C=CC1=NC2CC(=C)[n+]3c(n(C(C)C(C)C)c4ccccc43)-c3cc4sc5ccccc5c4cc3CCC2c2ccccc21. The number of hydrogen-bond acceptors (Lipinski definition) is 2. The van der Waals surface area contributed by atoms with E-state index in [0.29, 0.717) is 17.9 Å². The molecule has 4 aromatic carbocycles. The Balaban J connectivity index is 1.46. The highest BCUT2D eigenvalue weighted by atomic mass is 32.1. The largest absolute Gasteiger partial charge is 0.295 e. The summed E-state index contributed by atoms with van der Waals surface area (Å²) in [6.45, 7) is 16.0. The van der Waals surface area contributed by atoms with Crippen molar-refractivity contribution in [1.29, 1.82) is 0 Å². The summed E-state index contributed by atoms with van der Waals surface area (Å²) in [4.78, 5) is 5.37. The summed E-state index contributed by atoms with van der Waals surface area (Å²) in [5.41, 5.74) is 9.90. The van der Waals surface area contributed by atoms with E-state index in [2.05, 4.69) is 121 Å². The standard InChI is InChI=1S/C40H38N3S/c1-6-34-29-14-8-7-13-28(29)30-20-19-27-22-33-31-15-9-12-18-38(31)44-39(33)23-32(27)40-42(25(4)21-35(30)41-34)36-16-10-11-17-37(36)43(40)26(5)24(2)3/h6-18,22-24,26,30,35H,1,4,19-21H2,2-3,5H3/q+1. The van der Waals surface area contributed by atoms with Gasteiger partial charge in [0.15, 0.2) is 11.0 Å². The molecule has 2 aliphatic heterocycles. The number of fused-ring (bicyclic) bond motifs is 11. The Bertz CT molecular complexity index is 2160. The number of hydrogen-bond donors (Lipinski definition) is 0. The van der Waals surface area contributed by atoms with Crippen molar-refractivity contribution < 1.29 is 4.57 Å². The minimum atomic E-state index is 0.0997. The van der Waals surface area contributed by atoms with Crippen LogP contribution in [0.3, 0.4) is 0 Å². The van der Waals surface area contributed by atoms with E-state index in [-0.39, 0.29) is 6.04 Å². The predicted molar refractivity (Wildman–Crippen MR) is 188 cm³/mol. The monoisotopic (exact) mass is 592 g/mol. The zero-order chi connectivity index (χ0) is 30.1. The van der Waals surface area contributed by atoms with Gasteiger partial charge in [-0.1, -0.05) is 81.6 Å². The molecule has 0 spiro atoms. The van der Waals surface area contributed by atoms with Gasteiger partial charge in [-0.15, -0.1) is 11.3 Å². The number of benzene rings is 4. The van der Waals surface area contributed by atoms with E-state index in [1.165, 1.54) is 59.3 Å². The third-order valence-corrected chi connectivity index (χ3v) is 11.3. The zero-order valence-electron chi connectivity index (χ0n) is 25.8. The van der Waals surface area contributed by atoms with Gasteiger partial charge >= 0.3 is 0 Å². The van der Waals surface area contributed by atoms with Crippen LogP contribution in [0.25, 0.3) is 48.3 Å². The number of aliphatic imine (C=N–C) groups is 1. The maximum Gasteiger partial charge on any atom is 0.295 e. The molecule has 3 nitrogen and oxygen atoms in total. The van der Waals surface area contributed by atoms with E-state index in [1.54, 1.807) is 0 Å². The third-order valence-electron chi connectivity index (χ3n) is 10.1. The van der Waals surface area contributed by atoms with Gasteiger partial charge in [0.05, 0.1) is 17.3 Å². The Morgan fingerprint density at radius 1 is 0.909 bits per heavy atom. The first-order valence-electron chi connectivity index (χ1n) is 15.9. The van der Waals surface area contributed by atoms with Crippen LogP contribution >= 0.6 is 11.3 Å². The molecule has 0 amide bonds. The molecule has 4 heteroatoms. The molecular weight excluding hydrogens is 555 g/mol. The van der Waals surface area contributed by atoms with E-state index in [9.17, 15) is 0 Å². The Labute approximate surface area is 263 Å². The Morgan fingerprint density at radius 3 is 2.52 bits per heavy atom. The summed E-state index contributed by atoms with van der Waals surface area (Å²) in [5, 5.41) is 2.71. The zero-order valence-corrected chi connectivity index (χ0v) is 26.6. The van der Waals surface area contributed by atoms with Crippen LogP contribution < -0.4 is 4.57 Å². The average Bonchev–Trinajstić information content (AvgIpc) is 3.58. The van der Waals surface area contributed by atoms with Gasteiger partial charge in [0, 0.05) is 38.1 Å². The number of para-hydroxylation sites is 2. The quantitative estimate of drug-likeness (QED) is 0.182. The number of thiophene rings is 1. The molecule has 0 saturated heterocycles. The molecule has 0 fully saturated rings. The Morgan fingerprint density at radius 2 is 1.68 bits per heavy atom. The summed E-state index contributed by atoms with van der Waals surface area (Å²) >= 11 is 1.90. The van der Waals surface area contributed by atoms with Gasteiger partial charge in [-0.2, -0.15) is 4.57 Å². The van der Waals surface area contributed by atoms with Crippen LogP contribution in [0.1, 0.15) is 62.3 Å². The smallest absolute Gasteiger partial charge is 0.280 e. The number of aromatic nitrogens is 2. The Kier molecular flexibility index (Phi) is 6.46. The van der Waals surface area contributed by atoms with Gasteiger partial charge in [0.2, 0.25) is 0 Å². The van der Waals surface area contributed by atoms with Gasteiger partial charge in [-0.25, -0.2) is 4.57 Å². The summed E-state index contributed by atoms with van der Waals surface area (Å²) in [6, 6.07) is 32.0. The first kappa shape index (κ1) is 27.3. The topological polar surface area (TPSA) is 21.2 Å². The van der Waals surface area contributed by atoms with Crippen LogP contribution in [-0.4, -0.2) is 16.3 Å². The van der Waals surface area contributed by atoms with E-state index in [0.717, 1.165) is 30.7 Å². The highest BCUT2D eigenvalue weighted by molar-refractivity contribution is 7.25. The lowest BCUT2D eigenvalue weighted by molar-refractivity contribution is -0.543. The van der Waals surface area contributed by atoms with Crippen molar-refractivity contribution in [3.8, 4) is 11.4 Å². The maximum atomic E-state index is 5.37. The molecule has 0 radical (unpaired) electrons. The van der Waals surface area contributed by atoms with Crippen molar-refractivity contribution in [2.75, 3.05) is 0 Å². The number of aryl methyl sites for hydroxylation is 1. The second-order valence-corrected chi connectivity index (χ2v) is 14.0. The highest BCUT2D eigenvalue weighted by Crippen LogP contribution is 2.44. The summed E-state index contributed by atoms with van der Waals surface area (Å²) in [7, 11) is 0. The molecule has 8 rings (SSSR count). The molecule has 0 N–H and O–H groups in total. The first-order valence-corrected chi connectivity index (χ1v) is 16.7. The molecule has 0 saturated carbocycles. The lowest BCUT2D eigenvalue weighted by Gasteiger charge is -2.32. The fraction of sp³-hybridized carbons (Fsp3) is 0.250. The number of imidazole rings is 1. The van der Waals surface area contributed by atoms with Crippen molar-refractivity contribution in [3.63, 3.8) is 0 Å². The van der Waals surface area contributed by atoms with E-state index in [1.807, 2.05) is 17.4 Å². The van der Waals surface area contributed by atoms with E-state index in [4.69, 9.17) is 11.6 Å². The second-order valence-electron chi connectivity index (χ2n) is 12.9. The summed E-state index contributed by atoms with van der Waals surface area (Å²) in [6.07, 6.45) is 4.73. The highest BCUT2D eigenvalue weighted by Gasteiger charge is 2.38. The number of nitrogens with zero attached hydrogens (tertiary/aromatic N) is 3. The lowest BCUT2D eigenvalue weighted by Crippen LogP contribution is -2.38. The third kappa shape index (κ3) is 4.07. The molecule has 3 atom stereocenters. The van der Waals surface area contributed by atoms with Crippen molar-refractivity contribution >= 4 is 54.0 Å². The molecule has 44 heavy (non-hydrogen) atoms. The molecule has 0 aliphatic carbocycles. The van der Waals surface area contributed by atoms with Gasteiger partial charge < -0.3 is 0 Å². The number of rotatable bonds is 3. The van der Waals surface area contributed by atoms with Crippen molar-refractivity contribution in [1.82, 2.24) is 4.57 Å². The van der Waals surface area contributed by atoms with E-state index < -0.39 is 0 Å². The van der Waals surface area contributed by atoms with Crippen LogP contribution in [0.4, 0.5) is 0 Å². The molecule has 218 valence electrons. The first-order chi connectivity index (χ1) is 21.4.